The molecule has 0 radical (unpaired) electrons. The van der Waals surface area contributed by atoms with Crippen LogP contribution in [-0.2, 0) is 15.7 Å². The van der Waals surface area contributed by atoms with Crippen LogP contribution in [0.15, 0.2) is 41.2 Å². The Labute approximate surface area is 179 Å². The van der Waals surface area contributed by atoms with Gasteiger partial charge in [0.25, 0.3) is 5.56 Å². The number of fused-ring (bicyclic) bond motifs is 3. The highest BCUT2D eigenvalue weighted by Gasteiger charge is 2.51. The van der Waals surface area contributed by atoms with Crippen LogP contribution in [0.3, 0.4) is 0 Å². The first kappa shape index (κ1) is 21.1. The van der Waals surface area contributed by atoms with Crippen molar-refractivity contribution < 1.29 is 9.31 Å². The molecule has 4 nitrogen and oxygen atoms in total. The second-order valence-corrected chi connectivity index (χ2v) is 9.54. The summed E-state index contributed by atoms with van der Waals surface area (Å²) in [6.07, 6.45) is 6.03. The Bertz CT molecular complexity index is 1120. The lowest BCUT2D eigenvalue weighted by Gasteiger charge is -2.32. The van der Waals surface area contributed by atoms with Gasteiger partial charge < -0.3 is 14.3 Å². The zero-order chi connectivity index (χ0) is 21.5. The number of rotatable bonds is 6. The van der Waals surface area contributed by atoms with Gasteiger partial charge in [-0.3, -0.25) is 4.79 Å². The summed E-state index contributed by atoms with van der Waals surface area (Å²) in [6, 6.07) is 12.3. The minimum Gasteiger partial charge on any atom is -0.399 e. The lowest BCUT2D eigenvalue weighted by atomic mass is 9.78. The van der Waals surface area contributed by atoms with Crippen molar-refractivity contribution in [2.75, 3.05) is 0 Å². The highest BCUT2D eigenvalue weighted by atomic mass is 16.7. The number of aromatic amines is 1. The Kier molecular flexibility index (Phi) is 5.54. The predicted octanol–water partition coefficient (Wildman–Crippen LogP) is 5.10. The van der Waals surface area contributed by atoms with E-state index in [2.05, 4.69) is 57.8 Å². The molecule has 2 aromatic carbocycles. The monoisotopic (exact) mass is 405 g/mol. The van der Waals surface area contributed by atoms with E-state index in [1.54, 1.807) is 0 Å². The van der Waals surface area contributed by atoms with E-state index in [0.717, 1.165) is 28.2 Å². The fourth-order valence-corrected chi connectivity index (χ4v) is 4.13. The number of hydrogen-bond acceptors (Lipinski definition) is 3. The molecule has 0 amide bonds. The summed E-state index contributed by atoms with van der Waals surface area (Å²) < 4.78 is 12.5. The van der Waals surface area contributed by atoms with E-state index in [0.29, 0.717) is 5.39 Å². The average molecular weight is 405 g/mol. The van der Waals surface area contributed by atoms with E-state index in [4.69, 9.17) is 9.31 Å². The van der Waals surface area contributed by atoms with E-state index in [1.807, 2.05) is 18.2 Å². The van der Waals surface area contributed by atoms with Gasteiger partial charge in [-0.25, -0.2) is 0 Å². The van der Waals surface area contributed by atoms with Crippen LogP contribution < -0.4 is 11.0 Å². The Balaban J connectivity index is 1.75. The number of pyridine rings is 1. The molecule has 0 atom stereocenters. The van der Waals surface area contributed by atoms with Gasteiger partial charge in [0.2, 0.25) is 0 Å². The molecule has 1 saturated heterocycles. The minimum atomic E-state index is -0.439. The zero-order valence-electron chi connectivity index (χ0n) is 18.8. The molecule has 0 spiro atoms. The molecule has 5 heteroatoms. The third-order valence-corrected chi connectivity index (χ3v) is 6.76. The lowest BCUT2D eigenvalue weighted by molar-refractivity contribution is 0.00578. The van der Waals surface area contributed by atoms with E-state index in [9.17, 15) is 4.79 Å². The summed E-state index contributed by atoms with van der Waals surface area (Å²) in [5.74, 6) is 0. The van der Waals surface area contributed by atoms with Gasteiger partial charge in [-0.05, 0) is 75.1 Å². The molecule has 2 heterocycles. The largest absolute Gasteiger partial charge is 0.494 e. The van der Waals surface area contributed by atoms with E-state index >= 15 is 0 Å². The van der Waals surface area contributed by atoms with Gasteiger partial charge >= 0.3 is 7.12 Å². The maximum absolute atomic E-state index is 12.6. The van der Waals surface area contributed by atoms with Crippen LogP contribution in [0.2, 0.25) is 0 Å². The molecule has 1 aliphatic rings. The van der Waals surface area contributed by atoms with Crippen molar-refractivity contribution in [3.05, 3.63) is 52.3 Å². The number of nitrogens with one attached hydrogen (secondary N) is 1. The van der Waals surface area contributed by atoms with Gasteiger partial charge in [0, 0.05) is 16.3 Å². The third kappa shape index (κ3) is 3.81. The number of unbranched alkanes of at least 4 members (excludes halogenated alkanes) is 3. The first-order valence-electron chi connectivity index (χ1n) is 11.2. The highest BCUT2D eigenvalue weighted by Crippen LogP contribution is 2.36. The van der Waals surface area contributed by atoms with Crippen LogP contribution in [-0.4, -0.2) is 23.3 Å². The quantitative estimate of drug-likeness (QED) is 0.353. The minimum absolute atomic E-state index is 0.0614. The summed E-state index contributed by atoms with van der Waals surface area (Å²) >= 11 is 0. The Morgan fingerprint density at radius 3 is 2.30 bits per heavy atom. The number of aromatic nitrogens is 1. The van der Waals surface area contributed by atoms with Crippen molar-refractivity contribution in [1.82, 2.24) is 4.98 Å². The molecule has 1 fully saturated rings. The SMILES string of the molecule is CCCCCCc1ccc2[nH]c(=O)c3ccc(B4OC(C)(C)C(C)(C)O4)cc3c2c1. The normalized spacial score (nSPS) is 17.8. The number of hydrogen-bond donors (Lipinski definition) is 1. The summed E-state index contributed by atoms with van der Waals surface area (Å²) in [5.41, 5.74) is 2.28. The molecule has 1 aliphatic heterocycles. The predicted molar refractivity (Wildman–Crippen MR) is 126 cm³/mol. The van der Waals surface area contributed by atoms with E-state index in [-0.39, 0.29) is 5.56 Å². The van der Waals surface area contributed by atoms with Gasteiger partial charge in [-0.1, -0.05) is 44.4 Å². The average Bonchev–Trinajstić information content (AvgIpc) is 2.92. The van der Waals surface area contributed by atoms with Crippen LogP contribution in [0.4, 0.5) is 0 Å². The third-order valence-electron chi connectivity index (χ3n) is 6.76. The fourth-order valence-electron chi connectivity index (χ4n) is 4.13. The fraction of sp³-hybridized carbons (Fsp3) is 0.480. The number of H-pyrrole nitrogens is 1. The van der Waals surface area contributed by atoms with Crippen LogP contribution in [0, 0.1) is 0 Å². The van der Waals surface area contributed by atoms with Crippen molar-refractivity contribution >= 4 is 34.3 Å². The summed E-state index contributed by atoms with van der Waals surface area (Å²) in [6.45, 7) is 10.5. The van der Waals surface area contributed by atoms with Crippen molar-refractivity contribution in [3.8, 4) is 0 Å². The van der Waals surface area contributed by atoms with Gasteiger partial charge in [0.1, 0.15) is 0 Å². The highest BCUT2D eigenvalue weighted by molar-refractivity contribution is 6.62. The van der Waals surface area contributed by atoms with Gasteiger partial charge in [-0.2, -0.15) is 0 Å². The first-order chi connectivity index (χ1) is 14.2. The van der Waals surface area contributed by atoms with Crippen molar-refractivity contribution in [2.24, 2.45) is 0 Å². The molecule has 1 aromatic heterocycles. The van der Waals surface area contributed by atoms with Crippen molar-refractivity contribution in [1.29, 1.82) is 0 Å². The number of aryl methyl sites for hydroxylation is 1. The van der Waals surface area contributed by atoms with E-state index < -0.39 is 18.3 Å². The molecule has 0 aliphatic carbocycles. The smallest absolute Gasteiger partial charge is 0.399 e. The molecular formula is C25H32BNO3. The zero-order valence-corrected chi connectivity index (χ0v) is 18.8. The van der Waals surface area contributed by atoms with Gasteiger partial charge in [0.05, 0.1) is 11.2 Å². The Morgan fingerprint density at radius 2 is 1.60 bits per heavy atom. The second-order valence-electron chi connectivity index (χ2n) is 9.54. The molecule has 158 valence electrons. The Hall–Kier alpha value is -2.11. The van der Waals surface area contributed by atoms with Gasteiger partial charge in [0.15, 0.2) is 0 Å². The van der Waals surface area contributed by atoms with Crippen LogP contribution in [0.25, 0.3) is 21.7 Å². The first-order valence-corrected chi connectivity index (χ1v) is 11.2. The van der Waals surface area contributed by atoms with Crippen molar-refractivity contribution in [3.63, 3.8) is 0 Å². The van der Waals surface area contributed by atoms with E-state index in [1.165, 1.54) is 31.2 Å². The molecule has 30 heavy (non-hydrogen) atoms. The second kappa shape index (κ2) is 7.86. The molecular weight excluding hydrogens is 373 g/mol. The van der Waals surface area contributed by atoms with Crippen LogP contribution >= 0.6 is 0 Å². The molecule has 3 aromatic rings. The van der Waals surface area contributed by atoms with Crippen LogP contribution in [0.1, 0.15) is 65.9 Å². The Morgan fingerprint density at radius 1 is 0.867 bits per heavy atom. The molecule has 4 rings (SSSR count). The molecule has 1 N–H and O–H groups in total. The summed E-state index contributed by atoms with van der Waals surface area (Å²) in [7, 11) is -0.439. The molecule has 0 bridgehead atoms. The summed E-state index contributed by atoms with van der Waals surface area (Å²) in [5, 5.41) is 2.73. The van der Waals surface area contributed by atoms with Crippen molar-refractivity contribution in [2.45, 2.75) is 77.9 Å². The number of benzene rings is 2. The molecule has 0 unspecified atom stereocenters. The standard InChI is InChI=1S/C25H32BNO3/c1-6-7-8-9-10-17-11-14-22-21(15-17)20-16-18(12-13-19(20)23(28)27-22)26-29-24(2,3)25(4,5)30-26/h11-16H,6-10H2,1-5H3,(H,27,28). The van der Waals surface area contributed by atoms with Crippen LogP contribution in [0.5, 0.6) is 0 Å². The maximum atomic E-state index is 12.6. The lowest BCUT2D eigenvalue weighted by Crippen LogP contribution is -2.41. The summed E-state index contributed by atoms with van der Waals surface area (Å²) in [4.78, 5) is 15.7. The maximum Gasteiger partial charge on any atom is 0.494 e. The molecule has 0 saturated carbocycles. The topological polar surface area (TPSA) is 51.3 Å². The van der Waals surface area contributed by atoms with Gasteiger partial charge in [-0.15, -0.1) is 0 Å².